The SMILES string of the molecule is CCCCCCCCCCCCOC(=O)CCN(CCC(=O)OCCCCCCCCCCCC)OC1CCCCC1. The Kier molecular flexibility index (Phi) is 27.7. The molecule has 0 amide bonds. The van der Waals surface area contributed by atoms with E-state index in [1.54, 1.807) is 0 Å². The van der Waals surface area contributed by atoms with Gasteiger partial charge in [0.1, 0.15) is 0 Å². The number of nitrogens with zero attached hydrogens (tertiary/aromatic N) is 1. The topological polar surface area (TPSA) is 65.1 Å². The van der Waals surface area contributed by atoms with Crippen molar-refractivity contribution in [1.82, 2.24) is 5.06 Å². The minimum atomic E-state index is -0.174. The van der Waals surface area contributed by atoms with Crippen LogP contribution in [0.4, 0.5) is 0 Å². The van der Waals surface area contributed by atoms with Crippen molar-refractivity contribution >= 4 is 11.9 Å². The van der Waals surface area contributed by atoms with E-state index in [9.17, 15) is 9.59 Å². The summed E-state index contributed by atoms with van der Waals surface area (Å²) in [6, 6.07) is 0. The predicted octanol–water partition coefficient (Wildman–Crippen LogP) is 10.3. The van der Waals surface area contributed by atoms with Gasteiger partial charge in [0, 0.05) is 13.1 Å². The van der Waals surface area contributed by atoms with E-state index in [-0.39, 0.29) is 30.9 Å². The highest BCUT2D eigenvalue weighted by Crippen LogP contribution is 2.21. The maximum absolute atomic E-state index is 12.4. The third-order valence-electron chi connectivity index (χ3n) is 8.50. The van der Waals surface area contributed by atoms with Gasteiger partial charge in [0.05, 0.1) is 32.2 Å². The van der Waals surface area contributed by atoms with E-state index in [1.165, 1.54) is 122 Å². The molecule has 248 valence electrons. The second kappa shape index (κ2) is 29.9. The Balaban J connectivity index is 2.14. The molecule has 0 radical (unpaired) electrons. The first-order valence-electron chi connectivity index (χ1n) is 18.4. The van der Waals surface area contributed by atoms with Crippen LogP contribution in [0.25, 0.3) is 0 Å². The van der Waals surface area contributed by atoms with E-state index in [1.807, 2.05) is 5.06 Å². The number of esters is 2. The van der Waals surface area contributed by atoms with Gasteiger partial charge < -0.3 is 9.47 Å². The van der Waals surface area contributed by atoms with Gasteiger partial charge in [0.15, 0.2) is 0 Å². The lowest BCUT2D eigenvalue weighted by atomic mass is 9.98. The molecule has 0 bridgehead atoms. The normalized spacial score (nSPS) is 14.0. The van der Waals surface area contributed by atoms with Crippen LogP contribution in [0, 0.1) is 0 Å². The van der Waals surface area contributed by atoms with E-state index in [0.29, 0.717) is 26.3 Å². The van der Waals surface area contributed by atoms with Crippen LogP contribution < -0.4 is 0 Å². The van der Waals surface area contributed by atoms with Crippen LogP contribution in [0.5, 0.6) is 0 Å². The predicted molar refractivity (Wildman–Crippen MR) is 174 cm³/mol. The molecule has 1 fully saturated rings. The maximum atomic E-state index is 12.4. The molecule has 0 atom stereocenters. The molecule has 42 heavy (non-hydrogen) atoms. The lowest BCUT2D eigenvalue weighted by Gasteiger charge is -2.29. The quantitative estimate of drug-likeness (QED) is 0.0467. The second-order valence-corrected chi connectivity index (χ2v) is 12.6. The molecule has 0 N–H and O–H groups in total. The Morgan fingerprint density at radius 1 is 0.524 bits per heavy atom. The number of unbranched alkanes of at least 4 members (excludes halogenated alkanes) is 18. The standard InChI is InChI=1S/C36H69NO5/c1-3-5-7-9-11-13-15-17-19-24-32-40-35(38)28-30-37(42-34-26-22-21-23-27-34)31-29-36(39)41-33-25-20-18-16-14-12-10-8-6-4-2/h34H,3-33H2,1-2H3. The van der Waals surface area contributed by atoms with E-state index in [2.05, 4.69) is 13.8 Å². The zero-order valence-corrected chi connectivity index (χ0v) is 28.0. The molecule has 0 aromatic carbocycles. The smallest absolute Gasteiger partial charge is 0.307 e. The van der Waals surface area contributed by atoms with Gasteiger partial charge in [-0.1, -0.05) is 149 Å². The summed E-state index contributed by atoms with van der Waals surface area (Å²) >= 11 is 0. The summed E-state index contributed by atoms with van der Waals surface area (Å²) in [7, 11) is 0. The highest BCUT2D eigenvalue weighted by Gasteiger charge is 2.20. The molecule has 0 heterocycles. The van der Waals surface area contributed by atoms with Gasteiger partial charge in [-0.15, -0.1) is 0 Å². The number of ether oxygens (including phenoxy) is 2. The van der Waals surface area contributed by atoms with E-state index in [0.717, 1.165) is 38.5 Å². The lowest BCUT2D eigenvalue weighted by molar-refractivity contribution is -0.208. The lowest BCUT2D eigenvalue weighted by Crippen LogP contribution is -2.35. The number of carbonyl (C=O) groups excluding carboxylic acids is 2. The van der Waals surface area contributed by atoms with Crippen LogP contribution in [-0.4, -0.2) is 49.4 Å². The fraction of sp³-hybridized carbons (Fsp3) is 0.944. The Labute approximate surface area is 260 Å². The zero-order valence-electron chi connectivity index (χ0n) is 28.0. The van der Waals surface area contributed by atoms with Crippen LogP contribution >= 0.6 is 0 Å². The van der Waals surface area contributed by atoms with E-state index in [4.69, 9.17) is 14.3 Å². The van der Waals surface area contributed by atoms with Crippen LogP contribution in [-0.2, 0) is 23.9 Å². The molecule has 1 aliphatic rings. The molecule has 0 aromatic heterocycles. The molecular weight excluding hydrogens is 526 g/mol. The molecule has 6 heteroatoms. The van der Waals surface area contributed by atoms with Gasteiger partial charge in [0.2, 0.25) is 0 Å². The highest BCUT2D eigenvalue weighted by molar-refractivity contribution is 5.70. The van der Waals surface area contributed by atoms with Crippen molar-refractivity contribution in [3.05, 3.63) is 0 Å². The Morgan fingerprint density at radius 3 is 1.26 bits per heavy atom. The first-order valence-corrected chi connectivity index (χ1v) is 18.4. The molecular formula is C36H69NO5. The largest absolute Gasteiger partial charge is 0.466 e. The molecule has 6 nitrogen and oxygen atoms in total. The number of hydrogen-bond acceptors (Lipinski definition) is 6. The first-order chi connectivity index (χ1) is 20.7. The van der Waals surface area contributed by atoms with Crippen molar-refractivity contribution in [1.29, 1.82) is 0 Å². The molecule has 1 saturated carbocycles. The van der Waals surface area contributed by atoms with Crippen molar-refractivity contribution in [2.75, 3.05) is 26.3 Å². The summed E-state index contributed by atoms with van der Waals surface area (Å²) in [6.07, 6.45) is 31.8. The van der Waals surface area contributed by atoms with Gasteiger partial charge in [-0.25, -0.2) is 0 Å². The zero-order chi connectivity index (χ0) is 30.4. The molecule has 0 unspecified atom stereocenters. The number of carbonyl (C=O) groups is 2. The van der Waals surface area contributed by atoms with Crippen LogP contribution in [0.1, 0.15) is 187 Å². The summed E-state index contributed by atoms with van der Waals surface area (Å²) < 4.78 is 11.0. The van der Waals surface area contributed by atoms with Gasteiger partial charge in [-0.05, 0) is 25.7 Å². The average Bonchev–Trinajstić information content (AvgIpc) is 3.00. The summed E-state index contributed by atoms with van der Waals surface area (Å²) in [5, 5.41) is 1.82. The third kappa shape index (κ3) is 25.4. The monoisotopic (exact) mass is 596 g/mol. The van der Waals surface area contributed by atoms with Crippen molar-refractivity contribution in [2.45, 2.75) is 193 Å². The van der Waals surface area contributed by atoms with Crippen LogP contribution in [0.3, 0.4) is 0 Å². The molecule has 1 aliphatic carbocycles. The summed E-state index contributed by atoms with van der Waals surface area (Å²) in [5.74, 6) is -0.349. The third-order valence-corrected chi connectivity index (χ3v) is 8.50. The Bertz CT molecular complexity index is 566. The summed E-state index contributed by atoms with van der Waals surface area (Å²) in [6.45, 7) is 6.44. The minimum Gasteiger partial charge on any atom is -0.466 e. The average molecular weight is 596 g/mol. The number of hydroxylamine groups is 2. The van der Waals surface area contributed by atoms with Crippen molar-refractivity contribution < 1.29 is 23.9 Å². The van der Waals surface area contributed by atoms with Crippen molar-refractivity contribution in [2.24, 2.45) is 0 Å². The molecule has 1 rings (SSSR count). The Morgan fingerprint density at radius 2 is 0.881 bits per heavy atom. The number of hydrogen-bond donors (Lipinski definition) is 0. The van der Waals surface area contributed by atoms with Gasteiger partial charge >= 0.3 is 11.9 Å². The fourth-order valence-electron chi connectivity index (χ4n) is 5.73. The maximum Gasteiger partial charge on any atom is 0.307 e. The van der Waals surface area contributed by atoms with E-state index < -0.39 is 0 Å². The molecule has 0 aromatic rings. The van der Waals surface area contributed by atoms with Crippen LogP contribution in [0.15, 0.2) is 0 Å². The van der Waals surface area contributed by atoms with Crippen LogP contribution in [0.2, 0.25) is 0 Å². The highest BCUT2D eigenvalue weighted by atomic mass is 16.7. The van der Waals surface area contributed by atoms with Gasteiger partial charge in [0.25, 0.3) is 0 Å². The number of rotatable bonds is 30. The van der Waals surface area contributed by atoms with E-state index >= 15 is 0 Å². The van der Waals surface area contributed by atoms with Crippen molar-refractivity contribution in [3.63, 3.8) is 0 Å². The molecule has 0 spiro atoms. The van der Waals surface area contributed by atoms with Gasteiger partial charge in [-0.2, -0.15) is 5.06 Å². The Hall–Kier alpha value is -1.14. The molecule has 0 saturated heterocycles. The second-order valence-electron chi connectivity index (χ2n) is 12.6. The first kappa shape index (κ1) is 38.9. The summed E-state index contributed by atoms with van der Waals surface area (Å²) in [5.41, 5.74) is 0. The minimum absolute atomic E-state index is 0.174. The fourth-order valence-corrected chi connectivity index (χ4v) is 5.73. The molecule has 0 aliphatic heterocycles. The summed E-state index contributed by atoms with van der Waals surface area (Å²) in [4.78, 5) is 31.0. The van der Waals surface area contributed by atoms with Crippen molar-refractivity contribution in [3.8, 4) is 0 Å². The van der Waals surface area contributed by atoms with Gasteiger partial charge in [-0.3, -0.25) is 14.4 Å².